The van der Waals surface area contributed by atoms with Crippen molar-refractivity contribution in [2.45, 2.75) is 44.4 Å². The first-order valence-corrected chi connectivity index (χ1v) is 10.2. The number of benzene rings is 1. The van der Waals surface area contributed by atoms with Gasteiger partial charge in [-0.25, -0.2) is 0 Å². The molecule has 0 atom stereocenters. The molecular weight excluding hydrogens is 279 g/mol. The van der Waals surface area contributed by atoms with Crippen LogP contribution < -0.4 is 4.52 Å². The molecule has 0 N–H and O–H groups in total. The maximum atomic E-state index is 6.19. The Balaban J connectivity index is 2.77. The van der Waals surface area contributed by atoms with Gasteiger partial charge in [-0.15, -0.1) is 12.6 Å². The van der Waals surface area contributed by atoms with E-state index in [2.05, 4.69) is 26.5 Å². The van der Waals surface area contributed by atoms with E-state index in [-0.39, 0.29) is 0 Å². The second kappa shape index (κ2) is 8.24. The highest BCUT2D eigenvalue weighted by atomic mass is 32.4. The van der Waals surface area contributed by atoms with Crippen LogP contribution in [0.15, 0.2) is 29.2 Å². The predicted octanol–water partition coefficient (Wildman–Crippen LogP) is 5.35. The van der Waals surface area contributed by atoms with Gasteiger partial charge in [0.1, 0.15) is 12.0 Å². The number of hydrogen-bond donors (Lipinski definition) is 1. The van der Waals surface area contributed by atoms with Crippen molar-refractivity contribution in [1.29, 1.82) is 0 Å². The molecule has 0 radical (unpaired) electrons. The van der Waals surface area contributed by atoms with Gasteiger partial charge in [-0.1, -0.05) is 50.6 Å². The van der Waals surface area contributed by atoms with E-state index in [0.717, 1.165) is 35.8 Å². The molecule has 0 bridgehead atoms. The summed E-state index contributed by atoms with van der Waals surface area (Å²) in [4.78, 5) is 0.889. The summed E-state index contributed by atoms with van der Waals surface area (Å²) in [6.45, 7) is 4.40. The first kappa shape index (κ1) is 16.1. The SMILES string of the molecule is CCCCP(=S)(CCCC)Oc1ccccc1S. The quantitative estimate of drug-likeness (QED) is 0.512. The van der Waals surface area contributed by atoms with Crippen LogP contribution in [0.3, 0.4) is 0 Å². The van der Waals surface area contributed by atoms with E-state index >= 15 is 0 Å². The molecule has 1 nitrogen and oxygen atoms in total. The fourth-order valence-electron chi connectivity index (χ4n) is 1.71. The Labute approximate surface area is 122 Å². The number of hydrogen-bond acceptors (Lipinski definition) is 3. The average Bonchev–Trinajstić information content (AvgIpc) is 2.37. The normalized spacial score (nSPS) is 11.5. The fraction of sp³-hybridized carbons (Fsp3) is 0.571. The molecule has 0 heterocycles. The zero-order chi connectivity index (χ0) is 13.4. The standard InChI is InChI=1S/C14H23OPS2/c1-3-5-11-16(18,12-6-4-2)15-13-9-7-8-10-14(13)17/h7-10,17H,3-6,11-12H2,1-2H3. The Bertz CT molecular complexity index is 395. The van der Waals surface area contributed by atoms with Crippen LogP contribution in [0.4, 0.5) is 0 Å². The van der Waals surface area contributed by atoms with Gasteiger partial charge in [0.2, 0.25) is 0 Å². The molecule has 0 aromatic heterocycles. The van der Waals surface area contributed by atoms with Gasteiger partial charge in [-0.2, -0.15) is 0 Å². The third kappa shape index (κ3) is 5.34. The van der Waals surface area contributed by atoms with Crippen molar-refractivity contribution in [3.05, 3.63) is 24.3 Å². The Hall–Kier alpha value is 0.0200. The summed E-state index contributed by atoms with van der Waals surface area (Å²) in [5.74, 6) is 0.858. The molecule has 0 aliphatic heterocycles. The average molecular weight is 302 g/mol. The van der Waals surface area contributed by atoms with E-state index in [9.17, 15) is 0 Å². The highest BCUT2D eigenvalue weighted by molar-refractivity contribution is 8.12. The molecule has 0 spiro atoms. The monoisotopic (exact) mass is 302 g/mol. The van der Waals surface area contributed by atoms with Crippen molar-refractivity contribution in [2.75, 3.05) is 12.3 Å². The van der Waals surface area contributed by atoms with Gasteiger partial charge < -0.3 is 4.52 Å². The molecule has 0 aliphatic carbocycles. The third-order valence-corrected chi connectivity index (χ3v) is 7.05. The molecule has 0 saturated heterocycles. The maximum Gasteiger partial charge on any atom is 0.137 e. The molecule has 1 aromatic rings. The summed E-state index contributed by atoms with van der Waals surface area (Å²) < 4.78 is 6.19. The Morgan fingerprint density at radius 3 is 2.17 bits per heavy atom. The molecule has 4 heteroatoms. The molecule has 102 valence electrons. The molecule has 1 aromatic carbocycles. The number of rotatable bonds is 8. The lowest BCUT2D eigenvalue weighted by Crippen LogP contribution is -2.03. The summed E-state index contributed by atoms with van der Waals surface area (Å²) in [5, 5.41) is 0. The van der Waals surface area contributed by atoms with Gasteiger partial charge in [0.25, 0.3) is 0 Å². The summed E-state index contributed by atoms with van der Waals surface area (Å²) in [7, 11) is 0. The smallest absolute Gasteiger partial charge is 0.137 e. The van der Waals surface area contributed by atoms with Crippen molar-refractivity contribution in [1.82, 2.24) is 0 Å². The minimum Gasteiger partial charge on any atom is -0.465 e. The molecule has 1 rings (SSSR count). The summed E-state index contributed by atoms with van der Waals surface area (Å²) in [5.41, 5.74) is 0. The zero-order valence-electron chi connectivity index (χ0n) is 11.3. The van der Waals surface area contributed by atoms with Crippen molar-refractivity contribution >= 4 is 30.7 Å². The molecule has 0 aliphatic rings. The molecule has 0 saturated carbocycles. The lowest BCUT2D eigenvalue weighted by molar-refractivity contribution is 0.587. The summed E-state index contributed by atoms with van der Waals surface area (Å²) in [6.07, 6.45) is 5.05. The molecular formula is C14H23OPS2. The number of para-hydroxylation sites is 1. The number of thiol groups is 1. The Kier molecular flexibility index (Phi) is 7.36. The van der Waals surface area contributed by atoms with Crippen molar-refractivity contribution < 1.29 is 4.52 Å². The van der Waals surface area contributed by atoms with Crippen molar-refractivity contribution in [2.24, 2.45) is 0 Å². The third-order valence-electron chi connectivity index (χ3n) is 2.83. The van der Waals surface area contributed by atoms with Crippen LogP contribution in [0.1, 0.15) is 39.5 Å². The van der Waals surface area contributed by atoms with Crippen LogP contribution in [0.5, 0.6) is 5.75 Å². The van der Waals surface area contributed by atoms with Crippen LogP contribution >= 0.6 is 18.9 Å². The maximum absolute atomic E-state index is 6.19. The Morgan fingerprint density at radius 1 is 1.11 bits per heavy atom. The Morgan fingerprint density at radius 2 is 1.67 bits per heavy atom. The van der Waals surface area contributed by atoms with Crippen LogP contribution in [0.2, 0.25) is 0 Å². The zero-order valence-corrected chi connectivity index (χ0v) is 13.9. The van der Waals surface area contributed by atoms with Gasteiger partial charge in [0.15, 0.2) is 0 Å². The van der Waals surface area contributed by atoms with Crippen LogP contribution in [0, 0.1) is 0 Å². The van der Waals surface area contributed by atoms with Gasteiger partial charge in [0.05, 0.1) is 0 Å². The van der Waals surface area contributed by atoms with Gasteiger partial charge in [0, 0.05) is 17.2 Å². The largest absolute Gasteiger partial charge is 0.465 e. The first-order valence-electron chi connectivity index (χ1n) is 6.67. The summed E-state index contributed by atoms with van der Waals surface area (Å²) >= 11 is 10.3. The second-order valence-corrected chi connectivity index (χ2v) is 9.71. The minimum atomic E-state index is -1.72. The van der Waals surface area contributed by atoms with Crippen LogP contribution in [-0.2, 0) is 11.8 Å². The molecule has 0 fully saturated rings. The topological polar surface area (TPSA) is 9.23 Å². The van der Waals surface area contributed by atoms with Gasteiger partial charge in [-0.3, -0.25) is 0 Å². The lowest BCUT2D eigenvalue weighted by atomic mass is 10.3. The van der Waals surface area contributed by atoms with E-state index < -0.39 is 6.26 Å². The van der Waals surface area contributed by atoms with E-state index in [4.69, 9.17) is 16.3 Å². The molecule has 0 amide bonds. The van der Waals surface area contributed by atoms with Crippen molar-refractivity contribution in [3.8, 4) is 5.75 Å². The van der Waals surface area contributed by atoms with E-state index in [1.807, 2.05) is 24.3 Å². The van der Waals surface area contributed by atoms with Crippen LogP contribution in [-0.4, -0.2) is 12.3 Å². The van der Waals surface area contributed by atoms with Gasteiger partial charge in [-0.05, 0) is 25.0 Å². The lowest BCUT2D eigenvalue weighted by Gasteiger charge is -2.24. The van der Waals surface area contributed by atoms with Crippen molar-refractivity contribution in [3.63, 3.8) is 0 Å². The van der Waals surface area contributed by atoms with E-state index in [0.29, 0.717) is 0 Å². The van der Waals surface area contributed by atoms with Gasteiger partial charge >= 0.3 is 0 Å². The van der Waals surface area contributed by atoms with Crippen LogP contribution in [0.25, 0.3) is 0 Å². The number of unbranched alkanes of at least 4 members (excludes halogenated alkanes) is 2. The highest BCUT2D eigenvalue weighted by Gasteiger charge is 2.19. The second-order valence-electron chi connectivity index (χ2n) is 4.53. The minimum absolute atomic E-state index is 0.858. The molecule has 18 heavy (non-hydrogen) atoms. The fourth-order valence-corrected chi connectivity index (χ4v) is 5.53. The summed E-state index contributed by atoms with van der Waals surface area (Å²) in [6, 6.07) is 7.88. The van der Waals surface area contributed by atoms with E-state index in [1.165, 1.54) is 12.8 Å². The van der Waals surface area contributed by atoms with E-state index in [1.54, 1.807) is 0 Å². The predicted molar refractivity (Wildman–Crippen MR) is 88.2 cm³/mol. The highest BCUT2D eigenvalue weighted by Crippen LogP contribution is 2.50. The molecule has 0 unspecified atom stereocenters. The first-order chi connectivity index (χ1) is 8.61.